The predicted molar refractivity (Wildman–Crippen MR) is 81.1 cm³/mol. The van der Waals surface area contributed by atoms with E-state index in [9.17, 15) is 0 Å². The molecule has 2 rings (SSSR count). The maximum atomic E-state index is 6.36. The summed E-state index contributed by atoms with van der Waals surface area (Å²) in [5, 5.41) is 4.81. The Morgan fingerprint density at radius 1 is 1.37 bits per heavy atom. The highest BCUT2D eigenvalue weighted by atomic mass is 35.5. The van der Waals surface area contributed by atoms with Crippen LogP contribution in [0.25, 0.3) is 0 Å². The third-order valence-corrected chi connectivity index (χ3v) is 4.35. The van der Waals surface area contributed by atoms with Gasteiger partial charge in [-0.3, -0.25) is 0 Å². The van der Waals surface area contributed by atoms with Crippen LogP contribution in [0.2, 0.25) is 10.0 Å². The molecule has 1 fully saturated rings. The van der Waals surface area contributed by atoms with Crippen LogP contribution in [0.3, 0.4) is 0 Å². The second-order valence-corrected chi connectivity index (χ2v) is 5.77. The third-order valence-electron chi connectivity index (χ3n) is 3.52. The van der Waals surface area contributed by atoms with Crippen LogP contribution in [0.5, 0.6) is 0 Å². The average molecular weight is 302 g/mol. The van der Waals surface area contributed by atoms with Crippen LogP contribution in [0.1, 0.15) is 44.2 Å². The highest BCUT2D eigenvalue weighted by Crippen LogP contribution is 2.34. The number of halogens is 2. The van der Waals surface area contributed by atoms with Crippen molar-refractivity contribution in [3.05, 3.63) is 33.8 Å². The van der Waals surface area contributed by atoms with Crippen LogP contribution >= 0.6 is 23.2 Å². The van der Waals surface area contributed by atoms with E-state index in [1.165, 1.54) is 6.42 Å². The minimum absolute atomic E-state index is 0.131. The molecule has 0 aliphatic carbocycles. The number of hydrogen-bond acceptors (Lipinski definition) is 2. The van der Waals surface area contributed by atoms with Crippen LogP contribution in [0, 0.1) is 0 Å². The van der Waals surface area contributed by atoms with Gasteiger partial charge in [-0.05, 0) is 43.9 Å². The molecule has 2 nitrogen and oxygen atoms in total. The smallest absolute Gasteiger partial charge is 0.0770 e. The van der Waals surface area contributed by atoms with Crippen LogP contribution < -0.4 is 5.32 Å². The largest absolute Gasteiger partial charge is 0.376 e. The monoisotopic (exact) mass is 301 g/mol. The Hall–Kier alpha value is -0.280. The topological polar surface area (TPSA) is 21.3 Å². The molecule has 0 amide bonds. The summed E-state index contributed by atoms with van der Waals surface area (Å²) >= 11 is 12.5. The summed E-state index contributed by atoms with van der Waals surface area (Å²) in [5.41, 5.74) is 1.05. The predicted octanol–water partition coefficient (Wildman–Crippen LogP) is 4.60. The molecule has 2 atom stereocenters. The van der Waals surface area contributed by atoms with Crippen molar-refractivity contribution in [3.8, 4) is 0 Å². The van der Waals surface area contributed by atoms with Crippen molar-refractivity contribution in [3.63, 3.8) is 0 Å². The van der Waals surface area contributed by atoms with Gasteiger partial charge in [0.25, 0.3) is 0 Å². The van der Waals surface area contributed by atoms with E-state index in [0.29, 0.717) is 10.0 Å². The maximum absolute atomic E-state index is 6.36. The first-order valence-electron chi connectivity index (χ1n) is 7.03. The lowest BCUT2D eigenvalue weighted by atomic mass is 9.95. The summed E-state index contributed by atoms with van der Waals surface area (Å²) in [7, 11) is 0. The molecule has 1 aromatic carbocycles. The average Bonchev–Trinajstić information content (AvgIpc) is 2.45. The van der Waals surface area contributed by atoms with Crippen molar-refractivity contribution in [2.75, 3.05) is 13.2 Å². The number of rotatable bonds is 5. The Kier molecular flexibility index (Phi) is 5.96. The Bertz CT molecular complexity index is 405. The van der Waals surface area contributed by atoms with Crippen LogP contribution in [0.15, 0.2) is 18.2 Å². The van der Waals surface area contributed by atoms with Gasteiger partial charge < -0.3 is 10.1 Å². The van der Waals surface area contributed by atoms with Gasteiger partial charge in [-0.1, -0.05) is 42.3 Å². The van der Waals surface area contributed by atoms with Gasteiger partial charge in [-0.15, -0.1) is 0 Å². The molecule has 0 spiro atoms. The summed E-state index contributed by atoms with van der Waals surface area (Å²) in [5.74, 6) is 0. The first-order chi connectivity index (χ1) is 9.24. The molecule has 0 aromatic heterocycles. The van der Waals surface area contributed by atoms with Crippen molar-refractivity contribution < 1.29 is 4.74 Å². The Morgan fingerprint density at radius 3 is 2.89 bits per heavy atom. The molecule has 19 heavy (non-hydrogen) atoms. The zero-order valence-electron chi connectivity index (χ0n) is 11.3. The second-order valence-electron chi connectivity index (χ2n) is 4.98. The third kappa shape index (κ3) is 3.85. The van der Waals surface area contributed by atoms with Gasteiger partial charge in [0.1, 0.15) is 0 Å². The van der Waals surface area contributed by atoms with Crippen LogP contribution in [-0.2, 0) is 4.74 Å². The fourth-order valence-corrected chi connectivity index (χ4v) is 2.96. The van der Waals surface area contributed by atoms with Crippen LogP contribution in [0.4, 0.5) is 0 Å². The van der Waals surface area contributed by atoms with E-state index in [-0.39, 0.29) is 12.1 Å². The van der Waals surface area contributed by atoms with Gasteiger partial charge in [0.05, 0.1) is 22.2 Å². The van der Waals surface area contributed by atoms with Gasteiger partial charge in [0, 0.05) is 6.61 Å². The molecule has 1 aromatic rings. The lowest BCUT2D eigenvalue weighted by molar-refractivity contribution is -0.00813. The highest BCUT2D eigenvalue weighted by molar-refractivity contribution is 6.42. The second kappa shape index (κ2) is 7.49. The summed E-state index contributed by atoms with van der Waals surface area (Å²) in [6.45, 7) is 3.95. The number of ether oxygens (including phenoxy) is 1. The lowest BCUT2D eigenvalue weighted by Gasteiger charge is -2.32. The molecule has 2 unspecified atom stereocenters. The molecular formula is C15H21Cl2NO. The summed E-state index contributed by atoms with van der Waals surface area (Å²) < 4.78 is 5.92. The van der Waals surface area contributed by atoms with Crippen LogP contribution in [-0.4, -0.2) is 19.3 Å². The van der Waals surface area contributed by atoms with Crippen molar-refractivity contribution in [1.82, 2.24) is 5.32 Å². The standard InChI is InChI=1S/C15H21Cl2NO/c1-2-9-18-15(13-8-3-4-10-19-13)11-6-5-7-12(16)14(11)17/h5-7,13,15,18H,2-4,8-10H2,1H3. The Labute approximate surface area is 125 Å². The van der Waals surface area contributed by atoms with E-state index in [2.05, 4.69) is 12.2 Å². The maximum Gasteiger partial charge on any atom is 0.0770 e. The molecule has 1 aliphatic heterocycles. The van der Waals surface area contributed by atoms with Crippen molar-refractivity contribution >= 4 is 23.2 Å². The SMILES string of the molecule is CCCNC(c1cccc(Cl)c1Cl)C1CCCCO1. The molecule has 1 saturated heterocycles. The van der Waals surface area contributed by atoms with E-state index in [0.717, 1.165) is 38.0 Å². The van der Waals surface area contributed by atoms with Gasteiger partial charge in [-0.2, -0.15) is 0 Å². The number of hydrogen-bond donors (Lipinski definition) is 1. The molecule has 0 saturated carbocycles. The Balaban J connectivity index is 2.22. The summed E-state index contributed by atoms with van der Waals surface area (Å²) in [4.78, 5) is 0. The first kappa shape index (κ1) is 15.1. The minimum Gasteiger partial charge on any atom is -0.376 e. The molecule has 0 bridgehead atoms. The molecule has 1 N–H and O–H groups in total. The Morgan fingerprint density at radius 2 is 2.21 bits per heavy atom. The highest BCUT2D eigenvalue weighted by Gasteiger charge is 2.27. The van der Waals surface area contributed by atoms with E-state index >= 15 is 0 Å². The van der Waals surface area contributed by atoms with Gasteiger partial charge in [0.2, 0.25) is 0 Å². The van der Waals surface area contributed by atoms with Crippen molar-refractivity contribution in [1.29, 1.82) is 0 Å². The molecule has 1 heterocycles. The van der Waals surface area contributed by atoms with Crippen molar-refractivity contribution in [2.45, 2.75) is 44.8 Å². The molecule has 0 radical (unpaired) electrons. The molecule has 106 valence electrons. The number of benzene rings is 1. The molecular weight excluding hydrogens is 281 g/mol. The van der Waals surface area contributed by atoms with Gasteiger partial charge in [-0.25, -0.2) is 0 Å². The quantitative estimate of drug-likeness (QED) is 0.858. The zero-order valence-corrected chi connectivity index (χ0v) is 12.8. The van der Waals surface area contributed by atoms with Gasteiger partial charge in [0.15, 0.2) is 0 Å². The van der Waals surface area contributed by atoms with Gasteiger partial charge >= 0.3 is 0 Å². The normalized spacial score (nSPS) is 21.3. The molecule has 4 heteroatoms. The number of nitrogens with one attached hydrogen (secondary N) is 1. The lowest BCUT2D eigenvalue weighted by Crippen LogP contribution is -2.36. The van der Waals surface area contributed by atoms with E-state index in [1.807, 2.05) is 18.2 Å². The van der Waals surface area contributed by atoms with E-state index < -0.39 is 0 Å². The zero-order chi connectivity index (χ0) is 13.7. The fraction of sp³-hybridized carbons (Fsp3) is 0.600. The minimum atomic E-state index is 0.131. The fourth-order valence-electron chi connectivity index (χ4n) is 2.53. The first-order valence-corrected chi connectivity index (χ1v) is 7.78. The summed E-state index contributed by atoms with van der Waals surface area (Å²) in [6, 6.07) is 5.95. The molecule has 1 aliphatic rings. The van der Waals surface area contributed by atoms with Crippen molar-refractivity contribution in [2.24, 2.45) is 0 Å². The summed E-state index contributed by atoms with van der Waals surface area (Å²) in [6.07, 6.45) is 4.72. The van der Waals surface area contributed by atoms with E-state index in [1.54, 1.807) is 0 Å². The van der Waals surface area contributed by atoms with E-state index in [4.69, 9.17) is 27.9 Å².